The summed E-state index contributed by atoms with van der Waals surface area (Å²) >= 11 is 4.86. The molecule has 0 fully saturated rings. The molecule has 0 nitrogen and oxygen atoms in total. The van der Waals surface area contributed by atoms with Gasteiger partial charge in [-0.1, -0.05) is 22.0 Å². The predicted octanol–water partition coefficient (Wildman–Crippen LogP) is 3.75. The number of hydrogen-bond acceptors (Lipinski definition) is 2. The van der Waals surface area contributed by atoms with Gasteiger partial charge in [0.25, 0.3) is 0 Å². The number of hydrogen-bond donors (Lipinski definition) is 0. The van der Waals surface area contributed by atoms with Crippen molar-refractivity contribution in [2.75, 3.05) is 0 Å². The molecule has 0 N–H and O–H groups in total. The molecule has 0 radical (unpaired) electrons. The maximum Gasteiger partial charge on any atom is 0.446 e. The van der Waals surface area contributed by atoms with Crippen molar-refractivity contribution in [3.05, 3.63) is 14.6 Å². The zero-order valence-electron chi connectivity index (χ0n) is 8.32. The fourth-order valence-corrected chi connectivity index (χ4v) is 4.32. The van der Waals surface area contributed by atoms with Gasteiger partial charge in [0.15, 0.2) is 0 Å². The van der Waals surface area contributed by atoms with Crippen LogP contribution in [0.1, 0.15) is 17.7 Å². The van der Waals surface area contributed by atoms with Gasteiger partial charge in [-0.05, 0) is 31.5 Å². The molecule has 16 heavy (non-hydrogen) atoms. The molecule has 0 saturated carbocycles. The summed E-state index contributed by atoms with van der Waals surface area (Å²) in [6.07, 6.45) is 3.58. The van der Waals surface area contributed by atoms with Crippen LogP contribution in [0.4, 0.5) is 13.2 Å². The molecule has 1 aromatic rings. The Morgan fingerprint density at radius 2 is 2.12 bits per heavy atom. The number of fused-ring (bicyclic) bond motifs is 1. The van der Waals surface area contributed by atoms with Crippen LogP contribution in [0, 0.1) is 6.92 Å². The van der Waals surface area contributed by atoms with Crippen LogP contribution in [0.15, 0.2) is 4.90 Å². The van der Waals surface area contributed by atoms with Gasteiger partial charge in [-0.15, -0.1) is 11.3 Å². The lowest BCUT2D eigenvalue weighted by molar-refractivity contribution is -0.0328. The lowest BCUT2D eigenvalue weighted by Gasteiger charge is -2.06. The molecule has 0 bridgehead atoms. The second-order valence-corrected chi connectivity index (χ2v) is 6.68. The third kappa shape index (κ3) is 2.49. The summed E-state index contributed by atoms with van der Waals surface area (Å²) in [5.74, 6) is 0. The van der Waals surface area contributed by atoms with Crippen LogP contribution in [0.5, 0.6) is 0 Å². The first-order valence-corrected chi connectivity index (χ1v) is 7.05. The predicted molar refractivity (Wildman–Crippen MR) is 66.3 cm³/mol. The molecule has 0 atom stereocenters. The Bertz CT molecular complexity index is 527. The van der Waals surface area contributed by atoms with E-state index in [1.165, 1.54) is 11.3 Å². The molecule has 6 heteroatoms. The minimum atomic E-state index is -4.21. The normalized spacial score (nSPS) is 15.9. The van der Waals surface area contributed by atoms with Gasteiger partial charge in [-0.3, -0.25) is 0 Å². The molecule has 2 rings (SSSR count). The average Bonchev–Trinajstić information content (AvgIpc) is 2.44. The number of thiophene rings is 1. The van der Waals surface area contributed by atoms with Crippen LogP contribution in [0.25, 0.3) is 10.6 Å². The summed E-state index contributed by atoms with van der Waals surface area (Å²) in [4.78, 5) is 1.10. The molecule has 0 unspecified atom stereocenters. The van der Waals surface area contributed by atoms with E-state index < -0.39 is 5.51 Å². The third-order valence-electron chi connectivity index (χ3n) is 2.24. The summed E-state index contributed by atoms with van der Waals surface area (Å²) in [5, 5.41) is 0.753. The van der Waals surface area contributed by atoms with Gasteiger partial charge in [0.2, 0.25) is 0 Å². The molecule has 1 aliphatic rings. The van der Waals surface area contributed by atoms with Crippen LogP contribution in [-0.4, -0.2) is 5.51 Å². The van der Waals surface area contributed by atoms with E-state index >= 15 is 0 Å². The first-order chi connectivity index (χ1) is 7.38. The van der Waals surface area contributed by atoms with Crippen molar-refractivity contribution in [2.24, 2.45) is 0 Å². The zero-order chi connectivity index (χ0) is 11.9. The molecule has 0 aliphatic heterocycles. The van der Waals surface area contributed by atoms with Gasteiger partial charge in [0.05, 0.1) is 0 Å². The van der Waals surface area contributed by atoms with Crippen LogP contribution < -0.4 is 9.75 Å². The minimum Gasteiger partial charge on any atom is -0.160 e. The van der Waals surface area contributed by atoms with Crippen molar-refractivity contribution < 1.29 is 13.2 Å². The number of alkyl halides is 3. The Morgan fingerprint density at radius 3 is 2.75 bits per heavy atom. The maximum absolute atomic E-state index is 12.4. The van der Waals surface area contributed by atoms with Gasteiger partial charge >= 0.3 is 5.51 Å². The van der Waals surface area contributed by atoms with Crippen LogP contribution >= 0.6 is 39.0 Å². The zero-order valence-corrected chi connectivity index (χ0v) is 11.5. The Labute approximate surface area is 107 Å². The largest absolute Gasteiger partial charge is 0.446 e. The minimum absolute atomic E-state index is 0.00431. The number of aryl methyl sites for hydroxylation is 1. The van der Waals surface area contributed by atoms with Gasteiger partial charge < -0.3 is 0 Å². The van der Waals surface area contributed by atoms with E-state index in [0.717, 1.165) is 32.0 Å². The van der Waals surface area contributed by atoms with E-state index in [2.05, 4.69) is 15.9 Å². The highest BCUT2D eigenvalue weighted by Gasteiger charge is 2.31. The van der Waals surface area contributed by atoms with Gasteiger partial charge in [0.1, 0.15) is 0 Å². The van der Waals surface area contributed by atoms with Crippen molar-refractivity contribution in [1.82, 2.24) is 0 Å². The summed E-state index contributed by atoms with van der Waals surface area (Å²) in [6, 6.07) is 0. The Kier molecular flexibility index (Phi) is 3.43. The number of rotatable bonds is 1. The summed E-state index contributed by atoms with van der Waals surface area (Å²) in [7, 11) is 0. The van der Waals surface area contributed by atoms with Crippen molar-refractivity contribution in [3.63, 3.8) is 0 Å². The maximum atomic E-state index is 12.4. The highest BCUT2D eigenvalue weighted by atomic mass is 79.9. The smallest absolute Gasteiger partial charge is 0.160 e. The van der Waals surface area contributed by atoms with E-state index in [1.807, 2.05) is 6.08 Å². The molecule has 1 heterocycles. The van der Waals surface area contributed by atoms with Gasteiger partial charge in [-0.2, -0.15) is 13.2 Å². The van der Waals surface area contributed by atoms with Crippen molar-refractivity contribution in [1.29, 1.82) is 0 Å². The number of halogens is 4. The fraction of sp³-hybridized carbons (Fsp3) is 0.400. The first-order valence-electron chi connectivity index (χ1n) is 4.62. The van der Waals surface area contributed by atoms with E-state index in [9.17, 15) is 13.2 Å². The molecule has 1 aliphatic carbocycles. The Hall–Kier alpha value is 0.0600. The van der Waals surface area contributed by atoms with Crippen molar-refractivity contribution in [2.45, 2.75) is 30.2 Å². The van der Waals surface area contributed by atoms with Gasteiger partial charge in [0, 0.05) is 24.0 Å². The number of thioether (sulfide) groups is 1. The SMILES string of the molecule is Cc1sc2c(c1SC(F)(F)F)=CCCC=2Br. The van der Waals surface area contributed by atoms with E-state index in [1.54, 1.807) is 6.92 Å². The summed E-state index contributed by atoms with van der Waals surface area (Å²) in [5.41, 5.74) is -4.21. The first kappa shape index (κ1) is 12.5. The van der Waals surface area contributed by atoms with E-state index in [4.69, 9.17) is 0 Å². The lowest BCUT2D eigenvalue weighted by Crippen LogP contribution is -2.24. The molecule has 88 valence electrons. The molecular formula is C10H8BrF3S2. The Morgan fingerprint density at radius 1 is 1.44 bits per heavy atom. The van der Waals surface area contributed by atoms with Gasteiger partial charge in [-0.25, -0.2) is 0 Å². The second kappa shape index (κ2) is 4.38. The van der Waals surface area contributed by atoms with Crippen LogP contribution in [0.2, 0.25) is 0 Å². The highest BCUT2D eigenvalue weighted by molar-refractivity contribution is 9.14. The fourth-order valence-electron chi connectivity index (χ4n) is 1.63. The molecule has 0 spiro atoms. The standard InChI is InChI=1S/C10H8BrF3S2/c1-5-8(16-10(12,13)14)6-3-2-4-7(11)9(6)15-5/h3H,2,4H2,1H3. The van der Waals surface area contributed by atoms with Crippen LogP contribution in [-0.2, 0) is 0 Å². The molecular weight excluding hydrogens is 321 g/mol. The average molecular weight is 329 g/mol. The van der Waals surface area contributed by atoms with Crippen LogP contribution in [0.3, 0.4) is 0 Å². The third-order valence-corrected chi connectivity index (χ3v) is 5.57. The monoisotopic (exact) mass is 328 g/mol. The summed E-state index contributed by atoms with van der Waals surface area (Å²) in [6.45, 7) is 1.74. The molecule has 1 aromatic heterocycles. The summed E-state index contributed by atoms with van der Waals surface area (Å²) < 4.78 is 39.2. The van der Waals surface area contributed by atoms with Crippen molar-refractivity contribution in [3.8, 4) is 0 Å². The quantitative estimate of drug-likeness (QED) is 0.707. The topological polar surface area (TPSA) is 0 Å². The van der Waals surface area contributed by atoms with Crippen molar-refractivity contribution >= 4 is 49.6 Å². The Balaban J connectivity index is 2.61. The second-order valence-electron chi connectivity index (χ2n) is 3.43. The molecule has 0 amide bonds. The van der Waals surface area contributed by atoms with E-state index in [-0.39, 0.29) is 11.8 Å². The van der Waals surface area contributed by atoms with E-state index in [0.29, 0.717) is 4.90 Å². The highest BCUT2D eigenvalue weighted by Crippen LogP contribution is 2.37. The lowest BCUT2D eigenvalue weighted by atomic mass is 10.2. The molecule has 0 aromatic carbocycles. The molecule has 0 saturated heterocycles.